The molecule has 2 aromatic carbocycles. The van der Waals surface area contributed by atoms with E-state index in [0.29, 0.717) is 43.6 Å². The van der Waals surface area contributed by atoms with E-state index in [2.05, 4.69) is 5.32 Å². The summed E-state index contributed by atoms with van der Waals surface area (Å²) in [6.45, 7) is 4.90. The minimum Gasteiger partial charge on any atom is -0.507 e. The van der Waals surface area contributed by atoms with Crippen molar-refractivity contribution in [1.82, 2.24) is 9.80 Å². The Bertz CT molecular complexity index is 1090. The number of hydrogen-bond donors (Lipinski definition) is 3. The number of para-hydroxylation sites is 1. The van der Waals surface area contributed by atoms with Gasteiger partial charge in [-0.3, -0.25) is 4.79 Å². The van der Waals surface area contributed by atoms with Crippen molar-refractivity contribution in [2.24, 2.45) is 5.73 Å². The number of urea groups is 1. The van der Waals surface area contributed by atoms with Gasteiger partial charge < -0.3 is 30.7 Å². The van der Waals surface area contributed by atoms with Gasteiger partial charge in [0.15, 0.2) is 6.10 Å². The van der Waals surface area contributed by atoms with E-state index in [0.717, 1.165) is 16.8 Å². The summed E-state index contributed by atoms with van der Waals surface area (Å²) in [5, 5.41) is 12.9. The summed E-state index contributed by atoms with van der Waals surface area (Å²) in [5.41, 5.74) is 9.51. The molecule has 0 spiro atoms. The number of aromatic hydroxyl groups is 1. The van der Waals surface area contributed by atoms with Crippen LogP contribution in [-0.4, -0.2) is 58.2 Å². The van der Waals surface area contributed by atoms with E-state index in [4.69, 9.17) is 10.5 Å². The quantitative estimate of drug-likeness (QED) is 0.625. The number of nitrogens with two attached hydrogens (primary N) is 1. The van der Waals surface area contributed by atoms with Gasteiger partial charge in [0.25, 0.3) is 5.91 Å². The Labute approximate surface area is 198 Å². The number of carbonyl (C=O) groups is 3. The molecule has 2 heterocycles. The molecule has 1 fully saturated rings. The predicted molar refractivity (Wildman–Crippen MR) is 126 cm³/mol. The number of ether oxygens (including phenoxy) is 1. The molecule has 0 saturated carbocycles. The molecule has 9 heteroatoms. The maximum Gasteiger partial charge on any atom is 0.410 e. The summed E-state index contributed by atoms with van der Waals surface area (Å²) < 4.78 is 5.47. The highest BCUT2D eigenvalue weighted by Crippen LogP contribution is 2.28. The number of fused-ring (bicyclic) bond motifs is 1. The molecular formula is C25H30N4O5. The Hall–Kier alpha value is -3.75. The molecular weight excluding hydrogens is 436 g/mol. The summed E-state index contributed by atoms with van der Waals surface area (Å²) in [4.78, 5) is 40.7. The zero-order chi connectivity index (χ0) is 24.4. The fourth-order valence-electron chi connectivity index (χ4n) is 4.65. The van der Waals surface area contributed by atoms with Gasteiger partial charge in [0, 0.05) is 37.8 Å². The van der Waals surface area contributed by atoms with E-state index in [1.54, 1.807) is 30.9 Å². The zero-order valence-electron chi connectivity index (χ0n) is 19.4. The van der Waals surface area contributed by atoms with Crippen molar-refractivity contribution in [3.05, 3.63) is 58.7 Å². The fourth-order valence-corrected chi connectivity index (χ4v) is 4.65. The SMILES string of the molecule is Cc1cc(C[C@@H](OC(=O)N2CCC(N3Cc4ccccc4NC3=O)CC2)C(N)=O)cc(C)c1O. The number of aryl methyl sites for hydroxylation is 2. The summed E-state index contributed by atoms with van der Waals surface area (Å²) >= 11 is 0. The Balaban J connectivity index is 1.34. The van der Waals surface area contributed by atoms with Crippen LogP contribution in [0.2, 0.25) is 0 Å². The van der Waals surface area contributed by atoms with Crippen molar-refractivity contribution in [3.63, 3.8) is 0 Å². The molecule has 4 N–H and O–H groups in total. The van der Waals surface area contributed by atoms with Crippen molar-refractivity contribution in [1.29, 1.82) is 0 Å². The number of phenols is 1. The van der Waals surface area contributed by atoms with Crippen LogP contribution in [0.5, 0.6) is 5.75 Å². The van der Waals surface area contributed by atoms with E-state index in [-0.39, 0.29) is 24.2 Å². The maximum absolute atomic E-state index is 12.8. The minimum atomic E-state index is -1.11. The standard InChI is InChI=1S/C25H30N4O5/c1-15-11-17(12-16(2)22(15)30)13-21(23(26)31)34-25(33)28-9-7-19(8-10-28)29-14-18-5-3-4-6-20(18)27-24(29)32/h3-6,11-12,19,21,30H,7-10,13-14H2,1-2H3,(H2,26,31)(H,27,32)/t21-/m1/s1. The van der Waals surface area contributed by atoms with Crippen LogP contribution in [0.15, 0.2) is 36.4 Å². The van der Waals surface area contributed by atoms with E-state index in [9.17, 15) is 19.5 Å². The first-order valence-corrected chi connectivity index (χ1v) is 11.4. The molecule has 1 saturated heterocycles. The van der Waals surface area contributed by atoms with Crippen molar-refractivity contribution < 1.29 is 24.2 Å². The molecule has 0 aliphatic carbocycles. The van der Waals surface area contributed by atoms with Crippen molar-refractivity contribution in [2.75, 3.05) is 18.4 Å². The molecule has 34 heavy (non-hydrogen) atoms. The summed E-state index contributed by atoms with van der Waals surface area (Å²) in [7, 11) is 0. The number of rotatable bonds is 5. The normalized spacial score (nSPS) is 17.1. The Morgan fingerprint density at radius 1 is 1.18 bits per heavy atom. The number of amides is 4. The van der Waals surface area contributed by atoms with Gasteiger partial charge in [-0.1, -0.05) is 30.3 Å². The van der Waals surface area contributed by atoms with Gasteiger partial charge in [-0.25, -0.2) is 9.59 Å². The fraction of sp³-hybridized carbons (Fsp3) is 0.400. The number of primary amides is 1. The number of carbonyl (C=O) groups excluding carboxylic acids is 3. The number of nitrogens with zero attached hydrogens (tertiary/aromatic N) is 2. The van der Waals surface area contributed by atoms with Crippen LogP contribution in [-0.2, 0) is 22.5 Å². The Morgan fingerprint density at radius 3 is 2.47 bits per heavy atom. The first-order chi connectivity index (χ1) is 16.2. The summed E-state index contributed by atoms with van der Waals surface area (Å²) in [6, 6.07) is 11.1. The monoisotopic (exact) mass is 466 g/mol. The smallest absolute Gasteiger partial charge is 0.410 e. The first-order valence-electron chi connectivity index (χ1n) is 11.4. The second kappa shape index (κ2) is 9.62. The molecule has 0 radical (unpaired) electrons. The molecule has 0 unspecified atom stereocenters. The molecule has 1 atom stereocenters. The van der Waals surface area contributed by atoms with Crippen molar-refractivity contribution >= 4 is 23.7 Å². The number of nitrogens with one attached hydrogen (secondary N) is 1. The molecule has 0 bridgehead atoms. The third-order valence-corrected chi connectivity index (χ3v) is 6.56. The number of likely N-dealkylation sites (tertiary alicyclic amines) is 1. The van der Waals surface area contributed by atoms with Crippen LogP contribution in [0.4, 0.5) is 15.3 Å². The molecule has 180 valence electrons. The number of piperidine rings is 1. The van der Waals surface area contributed by atoms with Crippen molar-refractivity contribution in [3.8, 4) is 5.75 Å². The van der Waals surface area contributed by atoms with Gasteiger partial charge in [-0.15, -0.1) is 0 Å². The van der Waals surface area contributed by atoms with Crippen LogP contribution in [0.3, 0.4) is 0 Å². The molecule has 4 amide bonds. The summed E-state index contributed by atoms with van der Waals surface area (Å²) in [5.74, 6) is -0.527. The predicted octanol–water partition coefficient (Wildman–Crippen LogP) is 3.05. The highest BCUT2D eigenvalue weighted by molar-refractivity contribution is 5.92. The second-order valence-corrected chi connectivity index (χ2v) is 8.99. The van der Waals surface area contributed by atoms with Crippen LogP contribution in [0, 0.1) is 13.8 Å². The number of hydrogen-bond acceptors (Lipinski definition) is 5. The highest BCUT2D eigenvalue weighted by atomic mass is 16.6. The highest BCUT2D eigenvalue weighted by Gasteiger charge is 2.34. The van der Waals surface area contributed by atoms with E-state index in [1.807, 2.05) is 29.2 Å². The minimum absolute atomic E-state index is 0.00675. The molecule has 9 nitrogen and oxygen atoms in total. The lowest BCUT2D eigenvalue weighted by atomic mass is 10.0. The number of anilines is 1. The average molecular weight is 467 g/mol. The van der Waals surface area contributed by atoms with Crippen LogP contribution in [0.25, 0.3) is 0 Å². The van der Waals surface area contributed by atoms with Gasteiger partial charge >= 0.3 is 12.1 Å². The lowest BCUT2D eigenvalue weighted by Crippen LogP contribution is -2.51. The van der Waals surface area contributed by atoms with Gasteiger partial charge in [0.1, 0.15) is 5.75 Å². The zero-order valence-corrected chi connectivity index (χ0v) is 19.4. The Kier molecular flexibility index (Phi) is 6.63. The maximum atomic E-state index is 12.8. The van der Waals surface area contributed by atoms with Gasteiger partial charge in [0.2, 0.25) is 0 Å². The first kappa shape index (κ1) is 23.4. The van der Waals surface area contributed by atoms with Crippen LogP contribution >= 0.6 is 0 Å². The van der Waals surface area contributed by atoms with E-state index in [1.165, 1.54) is 0 Å². The van der Waals surface area contributed by atoms with Crippen LogP contribution in [0.1, 0.15) is 35.1 Å². The largest absolute Gasteiger partial charge is 0.507 e. The Morgan fingerprint density at radius 2 is 1.82 bits per heavy atom. The number of benzene rings is 2. The van der Waals surface area contributed by atoms with Gasteiger partial charge in [-0.05, 0) is 55.0 Å². The third-order valence-electron chi connectivity index (χ3n) is 6.56. The molecule has 0 aromatic heterocycles. The van der Waals surface area contributed by atoms with Gasteiger partial charge in [0.05, 0.1) is 0 Å². The molecule has 4 rings (SSSR count). The average Bonchev–Trinajstić information content (AvgIpc) is 2.81. The number of phenolic OH excluding ortho intramolecular Hbond substituents is 1. The van der Waals surface area contributed by atoms with Gasteiger partial charge in [-0.2, -0.15) is 0 Å². The third kappa shape index (κ3) is 4.93. The van der Waals surface area contributed by atoms with E-state index >= 15 is 0 Å². The van der Waals surface area contributed by atoms with Crippen molar-refractivity contribution in [2.45, 2.75) is 51.8 Å². The molecule has 2 aliphatic rings. The molecule has 2 aliphatic heterocycles. The molecule has 2 aromatic rings. The van der Waals surface area contributed by atoms with Crippen LogP contribution < -0.4 is 11.1 Å². The topological polar surface area (TPSA) is 125 Å². The summed E-state index contributed by atoms with van der Waals surface area (Å²) in [6.07, 6.45) is -0.349. The van der Waals surface area contributed by atoms with E-state index < -0.39 is 18.1 Å². The lowest BCUT2D eigenvalue weighted by Gasteiger charge is -2.40. The second-order valence-electron chi connectivity index (χ2n) is 8.99. The lowest BCUT2D eigenvalue weighted by molar-refractivity contribution is -0.126.